The molecule has 0 heterocycles. The van der Waals surface area contributed by atoms with Gasteiger partial charge in [-0.15, -0.1) is 24.0 Å². The van der Waals surface area contributed by atoms with Gasteiger partial charge in [0.1, 0.15) is 11.5 Å². The van der Waals surface area contributed by atoms with Gasteiger partial charge >= 0.3 is 0 Å². The average molecular weight is 467 g/mol. The molecule has 0 radical (unpaired) electrons. The Hall–Kier alpha value is -0.830. The molecule has 0 saturated heterocycles. The predicted octanol–water partition coefficient (Wildman–Crippen LogP) is 3.47. The molecule has 1 aromatic rings. The monoisotopic (exact) mass is 467 g/mol. The van der Waals surface area contributed by atoms with E-state index >= 15 is 0 Å². The SMILES string of the molecule is CCNC(=NCC(C)SC)N(C)Cc1ccc(OC)cc1OC.I. The Morgan fingerprint density at radius 1 is 1.33 bits per heavy atom. The van der Waals surface area contributed by atoms with Crippen molar-refractivity contribution in [3.8, 4) is 11.5 Å². The van der Waals surface area contributed by atoms with Crippen molar-refractivity contribution in [3.63, 3.8) is 0 Å². The van der Waals surface area contributed by atoms with Crippen LogP contribution in [0, 0.1) is 0 Å². The third-order valence-electron chi connectivity index (χ3n) is 3.50. The van der Waals surface area contributed by atoms with Gasteiger partial charge < -0.3 is 19.7 Å². The molecule has 0 aliphatic heterocycles. The number of hydrogen-bond acceptors (Lipinski definition) is 4. The second-order valence-electron chi connectivity index (χ2n) is 5.27. The minimum absolute atomic E-state index is 0. The second kappa shape index (κ2) is 12.5. The molecule has 138 valence electrons. The summed E-state index contributed by atoms with van der Waals surface area (Å²) in [7, 11) is 5.37. The average Bonchev–Trinajstić information content (AvgIpc) is 2.58. The normalized spacial score (nSPS) is 12.2. The van der Waals surface area contributed by atoms with Gasteiger partial charge in [0, 0.05) is 37.0 Å². The lowest BCUT2D eigenvalue weighted by Crippen LogP contribution is -2.39. The quantitative estimate of drug-likeness (QED) is 0.361. The molecule has 1 unspecified atom stereocenters. The first-order chi connectivity index (χ1) is 11.0. The summed E-state index contributed by atoms with van der Waals surface area (Å²) in [4.78, 5) is 6.83. The minimum atomic E-state index is 0. The van der Waals surface area contributed by atoms with Gasteiger partial charge in [0.25, 0.3) is 0 Å². The van der Waals surface area contributed by atoms with E-state index in [-0.39, 0.29) is 24.0 Å². The molecule has 1 rings (SSSR count). The third-order valence-corrected chi connectivity index (χ3v) is 4.45. The topological polar surface area (TPSA) is 46.1 Å². The first kappa shape index (κ1) is 23.2. The number of halogens is 1. The van der Waals surface area contributed by atoms with Crippen LogP contribution in [0.15, 0.2) is 23.2 Å². The van der Waals surface area contributed by atoms with Crippen LogP contribution in [0.5, 0.6) is 11.5 Å². The molecule has 0 saturated carbocycles. The smallest absolute Gasteiger partial charge is 0.193 e. The summed E-state index contributed by atoms with van der Waals surface area (Å²) in [5.74, 6) is 2.53. The van der Waals surface area contributed by atoms with E-state index in [1.54, 1.807) is 14.2 Å². The number of nitrogens with one attached hydrogen (secondary N) is 1. The molecule has 1 aromatic carbocycles. The maximum absolute atomic E-state index is 5.47. The molecule has 1 atom stereocenters. The molecule has 24 heavy (non-hydrogen) atoms. The van der Waals surface area contributed by atoms with E-state index < -0.39 is 0 Å². The van der Waals surface area contributed by atoms with E-state index in [2.05, 4.69) is 30.3 Å². The maximum atomic E-state index is 5.47. The first-order valence-corrected chi connectivity index (χ1v) is 9.07. The molecular formula is C17H30IN3O2S. The number of ether oxygens (including phenoxy) is 2. The second-order valence-corrected chi connectivity index (χ2v) is 6.55. The van der Waals surface area contributed by atoms with E-state index in [1.165, 1.54) is 0 Å². The fourth-order valence-corrected chi connectivity index (χ4v) is 2.30. The largest absolute Gasteiger partial charge is 0.497 e. The minimum Gasteiger partial charge on any atom is -0.497 e. The van der Waals surface area contributed by atoms with Crippen molar-refractivity contribution >= 4 is 41.7 Å². The number of aliphatic imine (C=N–C) groups is 1. The lowest BCUT2D eigenvalue weighted by atomic mass is 10.2. The Kier molecular flexibility index (Phi) is 12.1. The Bertz CT molecular complexity index is 515. The number of methoxy groups -OCH3 is 2. The number of benzene rings is 1. The highest BCUT2D eigenvalue weighted by Crippen LogP contribution is 2.25. The molecule has 0 aliphatic carbocycles. The Balaban J connectivity index is 0.00000529. The van der Waals surface area contributed by atoms with Gasteiger partial charge in [-0.1, -0.05) is 6.92 Å². The van der Waals surface area contributed by atoms with Crippen molar-refractivity contribution in [3.05, 3.63) is 23.8 Å². The number of hydrogen-bond donors (Lipinski definition) is 1. The molecule has 7 heteroatoms. The molecule has 0 bridgehead atoms. The number of thioether (sulfide) groups is 1. The summed E-state index contributed by atoms with van der Waals surface area (Å²) < 4.78 is 10.7. The molecule has 0 aliphatic rings. The van der Waals surface area contributed by atoms with Crippen molar-refractivity contribution < 1.29 is 9.47 Å². The summed E-state index contributed by atoms with van der Waals surface area (Å²) in [5, 5.41) is 3.85. The number of guanidine groups is 1. The van der Waals surface area contributed by atoms with E-state index in [0.717, 1.165) is 36.1 Å². The molecule has 0 amide bonds. The zero-order chi connectivity index (χ0) is 17.2. The van der Waals surface area contributed by atoms with E-state index in [9.17, 15) is 0 Å². The van der Waals surface area contributed by atoms with Crippen LogP contribution in [0.25, 0.3) is 0 Å². The van der Waals surface area contributed by atoms with Crippen LogP contribution >= 0.6 is 35.7 Å². The molecule has 0 fully saturated rings. The lowest BCUT2D eigenvalue weighted by Gasteiger charge is -2.23. The summed E-state index contributed by atoms with van der Waals surface area (Å²) >= 11 is 1.82. The zero-order valence-electron chi connectivity index (χ0n) is 15.5. The van der Waals surface area contributed by atoms with Crippen molar-refractivity contribution in [2.75, 3.05) is 40.6 Å². The molecular weight excluding hydrogens is 437 g/mol. The van der Waals surface area contributed by atoms with E-state index in [1.807, 2.05) is 37.0 Å². The number of nitrogens with zero attached hydrogens (tertiary/aromatic N) is 2. The van der Waals surface area contributed by atoms with Crippen LogP contribution in [-0.4, -0.2) is 56.7 Å². The van der Waals surface area contributed by atoms with Gasteiger partial charge in [-0.3, -0.25) is 4.99 Å². The van der Waals surface area contributed by atoms with Crippen LogP contribution in [0.3, 0.4) is 0 Å². The summed E-state index contributed by atoms with van der Waals surface area (Å²) in [6.45, 7) is 6.62. The predicted molar refractivity (Wildman–Crippen MR) is 115 cm³/mol. The van der Waals surface area contributed by atoms with Crippen LogP contribution < -0.4 is 14.8 Å². The van der Waals surface area contributed by atoms with E-state index in [4.69, 9.17) is 14.5 Å². The van der Waals surface area contributed by atoms with Crippen molar-refractivity contribution in [1.82, 2.24) is 10.2 Å². The van der Waals surface area contributed by atoms with Crippen molar-refractivity contribution in [2.45, 2.75) is 25.6 Å². The van der Waals surface area contributed by atoms with Crippen LogP contribution in [0.2, 0.25) is 0 Å². The van der Waals surface area contributed by atoms with Gasteiger partial charge in [0.05, 0.1) is 20.8 Å². The van der Waals surface area contributed by atoms with Crippen molar-refractivity contribution in [1.29, 1.82) is 0 Å². The molecule has 5 nitrogen and oxygen atoms in total. The fraction of sp³-hybridized carbons (Fsp3) is 0.588. The Morgan fingerprint density at radius 3 is 2.58 bits per heavy atom. The highest BCUT2D eigenvalue weighted by molar-refractivity contribution is 14.0. The third kappa shape index (κ3) is 7.38. The molecule has 0 aromatic heterocycles. The molecule has 1 N–H and O–H groups in total. The molecule has 0 spiro atoms. The lowest BCUT2D eigenvalue weighted by molar-refractivity contribution is 0.382. The van der Waals surface area contributed by atoms with Crippen LogP contribution in [0.4, 0.5) is 0 Å². The number of rotatable bonds is 8. The van der Waals surface area contributed by atoms with Crippen molar-refractivity contribution in [2.24, 2.45) is 4.99 Å². The first-order valence-electron chi connectivity index (χ1n) is 7.78. The van der Waals surface area contributed by atoms with Gasteiger partial charge in [0.15, 0.2) is 5.96 Å². The zero-order valence-corrected chi connectivity index (χ0v) is 18.6. The fourth-order valence-electron chi connectivity index (χ4n) is 2.07. The summed E-state index contributed by atoms with van der Waals surface area (Å²) in [6.07, 6.45) is 2.11. The van der Waals surface area contributed by atoms with Gasteiger partial charge in [-0.05, 0) is 25.3 Å². The standard InChI is InChI=1S/C17H29N3O2S.HI/c1-7-18-17(19-11-13(2)23-6)20(3)12-14-8-9-15(21-4)10-16(14)22-5;/h8-10,13H,7,11-12H2,1-6H3,(H,18,19);1H. The summed E-state index contributed by atoms with van der Waals surface area (Å²) in [5.41, 5.74) is 1.10. The van der Waals surface area contributed by atoms with Crippen LogP contribution in [0.1, 0.15) is 19.4 Å². The van der Waals surface area contributed by atoms with Gasteiger partial charge in [-0.2, -0.15) is 11.8 Å². The van der Waals surface area contributed by atoms with E-state index in [0.29, 0.717) is 11.8 Å². The Labute approximate surface area is 167 Å². The maximum Gasteiger partial charge on any atom is 0.193 e. The highest BCUT2D eigenvalue weighted by atomic mass is 127. The Morgan fingerprint density at radius 2 is 2.04 bits per heavy atom. The van der Waals surface area contributed by atoms with Gasteiger partial charge in [-0.25, -0.2) is 0 Å². The summed E-state index contributed by atoms with van der Waals surface area (Å²) in [6, 6.07) is 5.89. The highest BCUT2D eigenvalue weighted by Gasteiger charge is 2.11. The van der Waals surface area contributed by atoms with Gasteiger partial charge in [0.2, 0.25) is 0 Å². The van der Waals surface area contributed by atoms with Crippen LogP contribution in [-0.2, 0) is 6.54 Å².